The molecule has 0 spiro atoms. The highest BCUT2D eigenvalue weighted by atomic mass is 19.1. The van der Waals surface area contributed by atoms with Crippen molar-refractivity contribution in [2.45, 2.75) is 19.4 Å². The summed E-state index contributed by atoms with van der Waals surface area (Å²) in [6.45, 7) is 0.511. The summed E-state index contributed by atoms with van der Waals surface area (Å²) >= 11 is 0. The van der Waals surface area contributed by atoms with E-state index in [0.29, 0.717) is 24.9 Å². The van der Waals surface area contributed by atoms with E-state index >= 15 is 0 Å². The number of rotatable bonds is 5. The molecule has 2 nitrogen and oxygen atoms in total. The Morgan fingerprint density at radius 2 is 1.68 bits per heavy atom. The van der Waals surface area contributed by atoms with Gasteiger partial charge < -0.3 is 5.32 Å². The zero-order valence-corrected chi connectivity index (χ0v) is 10.6. The van der Waals surface area contributed by atoms with Gasteiger partial charge in [0.1, 0.15) is 5.82 Å². The molecule has 0 saturated carbocycles. The Morgan fingerprint density at radius 3 is 2.42 bits per heavy atom. The fraction of sp³-hybridized carbons (Fsp3) is 0.188. The minimum atomic E-state index is -0.252. The summed E-state index contributed by atoms with van der Waals surface area (Å²) in [4.78, 5) is 11.7. The molecule has 0 fully saturated rings. The molecular weight excluding hydrogens is 241 g/mol. The summed E-state index contributed by atoms with van der Waals surface area (Å²) in [6.07, 6.45) is 0.723. The van der Waals surface area contributed by atoms with E-state index < -0.39 is 0 Å². The van der Waals surface area contributed by atoms with Crippen LogP contribution in [0.25, 0.3) is 0 Å². The standard InChI is InChI=1S/C16H16FNO/c17-15-9-5-4-8-14(15)10-11-16(19)18-12-13-6-2-1-3-7-13/h1-9H,10-12H2,(H,18,19). The second kappa shape index (κ2) is 6.69. The van der Waals surface area contributed by atoms with Crippen molar-refractivity contribution in [1.29, 1.82) is 0 Å². The van der Waals surface area contributed by atoms with Crippen LogP contribution in [0.3, 0.4) is 0 Å². The third kappa shape index (κ3) is 4.21. The number of halogens is 1. The fourth-order valence-corrected chi connectivity index (χ4v) is 1.83. The van der Waals surface area contributed by atoms with Gasteiger partial charge in [-0.25, -0.2) is 4.39 Å². The van der Waals surface area contributed by atoms with Crippen LogP contribution in [0.15, 0.2) is 54.6 Å². The molecular formula is C16H16FNO. The van der Waals surface area contributed by atoms with Gasteiger partial charge in [-0.3, -0.25) is 4.79 Å². The summed E-state index contributed by atoms with van der Waals surface area (Å²) < 4.78 is 13.4. The maximum Gasteiger partial charge on any atom is 0.220 e. The molecule has 2 aromatic rings. The molecule has 0 aromatic heterocycles. The summed E-state index contributed by atoms with van der Waals surface area (Å²) in [5, 5.41) is 2.83. The number of hydrogen-bond donors (Lipinski definition) is 1. The largest absolute Gasteiger partial charge is 0.352 e. The number of aryl methyl sites for hydroxylation is 1. The zero-order valence-electron chi connectivity index (χ0n) is 10.6. The van der Waals surface area contributed by atoms with E-state index in [0.717, 1.165) is 5.56 Å². The van der Waals surface area contributed by atoms with E-state index in [-0.39, 0.29) is 11.7 Å². The smallest absolute Gasteiger partial charge is 0.220 e. The third-order valence-corrected chi connectivity index (χ3v) is 2.91. The van der Waals surface area contributed by atoms with Gasteiger partial charge >= 0.3 is 0 Å². The minimum absolute atomic E-state index is 0.0629. The topological polar surface area (TPSA) is 29.1 Å². The Kier molecular flexibility index (Phi) is 4.67. The molecule has 0 unspecified atom stereocenters. The predicted octanol–water partition coefficient (Wildman–Crippen LogP) is 3.07. The maximum absolute atomic E-state index is 13.4. The van der Waals surface area contributed by atoms with Crippen LogP contribution < -0.4 is 5.32 Å². The van der Waals surface area contributed by atoms with Crippen molar-refractivity contribution in [2.75, 3.05) is 0 Å². The van der Waals surface area contributed by atoms with Crippen molar-refractivity contribution in [1.82, 2.24) is 5.32 Å². The van der Waals surface area contributed by atoms with Crippen molar-refractivity contribution in [3.05, 3.63) is 71.5 Å². The quantitative estimate of drug-likeness (QED) is 0.876. The van der Waals surface area contributed by atoms with Gasteiger partial charge in [0.05, 0.1) is 0 Å². The minimum Gasteiger partial charge on any atom is -0.352 e. The van der Waals surface area contributed by atoms with E-state index in [2.05, 4.69) is 5.32 Å². The molecule has 0 saturated heterocycles. The molecule has 1 amide bonds. The monoisotopic (exact) mass is 257 g/mol. The lowest BCUT2D eigenvalue weighted by Crippen LogP contribution is -2.23. The molecule has 0 aliphatic heterocycles. The number of hydrogen-bond acceptors (Lipinski definition) is 1. The lowest BCUT2D eigenvalue weighted by Gasteiger charge is -2.06. The van der Waals surface area contributed by atoms with Crippen LogP contribution in [0.2, 0.25) is 0 Å². The van der Waals surface area contributed by atoms with Gasteiger partial charge in [-0.15, -0.1) is 0 Å². The SMILES string of the molecule is O=C(CCc1ccccc1F)NCc1ccccc1. The highest BCUT2D eigenvalue weighted by molar-refractivity contribution is 5.76. The van der Waals surface area contributed by atoms with Crippen LogP contribution in [-0.2, 0) is 17.8 Å². The van der Waals surface area contributed by atoms with Gasteiger partial charge in [0.15, 0.2) is 0 Å². The predicted molar refractivity (Wildman–Crippen MR) is 73.0 cm³/mol. The molecule has 3 heteroatoms. The van der Waals surface area contributed by atoms with Gasteiger partial charge in [-0.05, 0) is 23.6 Å². The van der Waals surface area contributed by atoms with Crippen LogP contribution in [-0.4, -0.2) is 5.91 Å². The van der Waals surface area contributed by atoms with Gasteiger partial charge in [-0.2, -0.15) is 0 Å². The number of amides is 1. The first-order valence-corrected chi connectivity index (χ1v) is 6.30. The van der Waals surface area contributed by atoms with Gasteiger partial charge in [0, 0.05) is 13.0 Å². The van der Waals surface area contributed by atoms with Crippen LogP contribution in [0, 0.1) is 5.82 Å². The molecule has 98 valence electrons. The van der Waals surface area contributed by atoms with Crippen molar-refractivity contribution < 1.29 is 9.18 Å². The first-order chi connectivity index (χ1) is 9.25. The van der Waals surface area contributed by atoms with Crippen LogP contribution in [0.5, 0.6) is 0 Å². The summed E-state index contributed by atoms with van der Waals surface area (Å²) in [7, 11) is 0. The molecule has 0 bridgehead atoms. The summed E-state index contributed by atoms with van der Waals surface area (Å²) in [5.74, 6) is -0.314. The molecule has 2 rings (SSSR count). The average molecular weight is 257 g/mol. The Balaban J connectivity index is 1.78. The van der Waals surface area contributed by atoms with E-state index in [4.69, 9.17) is 0 Å². The van der Waals surface area contributed by atoms with Crippen LogP contribution in [0.4, 0.5) is 4.39 Å². The number of benzene rings is 2. The van der Waals surface area contributed by atoms with E-state index in [1.807, 2.05) is 30.3 Å². The Morgan fingerprint density at radius 1 is 1.00 bits per heavy atom. The Labute approximate surface area is 112 Å². The van der Waals surface area contributed by atoms with Crippen molar-refractivity contribution >= 4 is 5.91 Å². The second-order valence-corrected chi connectivity index (χ2v) is 4.35. The van der Waals surface area contributed by atoms with E-state index in [1.54, 1.807) is 18.2 Å². The highest BCUT2D eigenvalue weighted by Crippen LogP contribution is 2.08. The fourth-order valence-electron chi connectivity index (χ4n) is 1.83. The highest BCUT2D eigenvalue weighted by Gasteiger charge is 2.05. The second-order valence-electron chi connectivity index (χ2n) is 4.35. The number of carbonyl (C=O) groups is 1. The maximum atomic E-state index is 13.4. The Hall–Kier alpha value is -2.16. The Bertz CT molecular complexity index is 539. The van der Waals surface area contributed by atoms with Crippen LogP contribution >= 0.6 is 0 Å². The van der Waals surface area contributed by atoms with Crippen molar-refractivity contribution in [3.8, 4) is 0 Å². The first kappa shape index (κ1) is 13.3. The lowest BCUT2D eigenvalue weighted by molar-refractivity contribution is -0.121. The van der Waals surface area contributed by atoms with Crippen molar-refractivity contribution in [2.24, 2.45) is 0 Å². The van der Waals surface area contributed by atoms with Gasteiger partial charge in [0.2, 0.25) is 5.91 Å². The van der Waals surface area contributed by atoms with Crippen molar-refractivity contribution in [3.63, 3.8) is 0 Å². The zero-order chi connectivity index (χ0) is 13.5. The molecule has 0 atom stereocenters. The van der Waals surface area contributed by atoms with E-state index in [1.165, 1.54) is 6.07 Å². The van der Waals surface area contributed by atoms with Gasteiger partial charge in [-0.1, -0.05) is 48.5 Å². The summed E-state index contributed by atoms with van der Waals surface area (Å²) in [5.41, 5.74) is 1.64. The average Bonchev–Trinajstić information content (AvgIpc) is 2.45. The summed E-state index contributed by atoms with van der Waals surface area (Å²) in [6, 6.07) is 16.3. The molecule has 2 aromatic carbocycles. The normalized spacial score (nSPS) is 10.2. The molecule has 1 N–H and O–H groups in total. The molecule has 0 heterocycles. The third-order valence-electron chi connectivity index (χ3n) is 2.91. The first-order valence-electron chi connectivity index (χ1n) is 6.30. The molecule has 19 heavy (non-hydrogen) atoms. The number of carbonyl (C=O) groups excluding carboxylic acids is 1. The number of nitrogens with one attached hydrogen (secondary N) is 1. The van der Waals surface area contributed by atoms with Gasteiger partial charge in [0.25, 0.3) is 0 Å². The molecule has 0 aliphatic rings. The van der Waals surface area contributed by atoms with E-state index in [9.17, 15) is 9.18 Å². The molecule has 0 aliphatic carbocycles. The van der Waals surface area contributed by atoms with Crippen LogP contribution in [0.1, 0.15) is 17.5 Å². The lowest BCUT2D eigenvalue weighted by atomic mass is 10.1. The molecule has 0 radical (unpaired) electrons.